The number of aryl methyl sites for hydroxylation is 1. The smallest absolute Gasteiger partial charge is 0.119 e. The standard InChI is InChI=1S/C17H27NO/c1-14(18-2)8-9-15-10-12-17(13-11-15)19-16-6-4-3-5-7-16/h10-14,16,18H,3-9H2,1-2H3. The van der Waals surface area contributed by atoms with Gasteiger partial charge >= 0.3 is 0 Å². The van der Waals surface area contributed by atoms with Crippen molar-refractivity contribution in [1.29, 1.82) is 0 Å². The molecule has 2 heteroatoms. The summed E-state index contributed by atoms with van der Waals surface area (Å²) in [6.07, 6.45) is 9.23. The summed E-state index contributed by atoms with van der Waals surface area (Å²) in [5.41, 5.74) is 1.40. The van der Waals surface area contributed by atoms with Crippen molar-refractivity contribution < 1.29 is 4.74 Å². The van der Waals surface area contributed by atoms with Crippen LogP contribution in [0.4, 0.5) is 0 Å². The lowest BCUT2D eigenvalue weighted by Crippen LogP contribution is -2.21. The minimum absolute atomic E-state index is 0.448. The van der Waals surface area contributed by atoms with Crippen LogP contribution < -0.4 is 10.1 Å². The highest BCUT2D eigenvalue weighted by Crippen LogP contribution is 2.23. The number of rotatable bonds is 6. The van der Waals surface area contributed by atoms with E-state index in [2.05, 4.69) is 36.5 Å². The molecule has 1 aromatic carbocycles. The van der Waals surface area contributed by atoms with Gasteiger partial charge in [0, 0.05) is 6.04 Å². The van der Waals surface area contributed by atoms with Crippen LogP contribution in [0.3, 0.4) is 0 Å². The summed E-state index contributed by atoms with van der Waals surface area (Å²) in [6.45, 7) is 2.22. The van der Waals surface area contributed by atoms with E-state index in [0.29, 0.717) is 12.1 Å². The highest BCUT2D eigenvalue weighted by molar-refractivity contribution is 5.27. The van der Waals surface area contributed by atoms with Crippen molar-refractivity contribution in [3.63, 3.8) is 0 Å². The van der Waals surface area contributed by atoms with Crippen molar-refractivity contribution in [2.24, 2.45) is 0 Å². The predicted octanol–water partition coefficient (Wildman–Crippen LogP) is 3.94. The molecule has 106 valence electrons. The summed E-state index contributed by atoms with van der Waals surface area (Å²) in [4.78, 5) is 0. The van der Waals surface area contributed by atoms with Gasteiger partial charge in [-0.25, -0.2) is 0 Å². The van der Waals surface area contributed by atoms with Gasteiger partial charge in [0.1, 0.15) is 5.75 Å². The van der Waals surface area contributed by atoms with Crippen molar-refractivity contribution >= 4 is 0 Å². The van der Waals surface area contributed by atoms with Crippen molar-refractivity contribution in [2.75, 3.05) is 7.05 Å². The Kier molecular flexibility index (Phi) is 5.71. The largest absolute Gasteiger partial charge is 0.490 e. The molecule has 1 aliphatic rings. The van der Waals surface area contributed by atoms with Crippen LogP contribution in [-0.4, -0.2) is 19.2 Å². The zero-order chi connectivity index (χ0) is 13.5. The Morgan fingerprint density at radius 2 is 1.84 bits per heavy atom. The molecule has 0 amide bonds. The number of ether oxygens (including phenoxy) is 1. The molecule has 19 heavy (non-hydrogen) atoms. The fourth-order valence-corrected chi connectivity index (χ4v) is 2.64. The molecule has 1 aliphatic carbocycles. The predicted molar refractivity (Wildman–Crippen MR) is 80.8 cm³/mol. The first-order valence-electron chi connectivity index (χ1n) is 7.71. The molecule has 1 atom stereocenters. The van der Waals surface area contributed by atoms with Crippen molar-refractivity contribution in [3.05, 3.63) is 29.8 Å². The highest BCUT2D eigenvalue weighted by Gasteiger charge is 2.14. The van der Waals surface area contributed by atoms with Gasteiger partial charge in [-0.15, -0.1) is 0 Å². The molecular formula is C17H27NO. The number of nitrogens with one attached hydrogen (secondary N) is 1. The normalized spacial score (nSPS) is 18.2. The average molecular weight is 261 g/mol. The topological polar surface area (TPSA) is 21.3 Å². The highest BCUT2D eigenvalue weighted by atomic mass is 16.5. The summed E-state index contributed by atoms with van der Waals surface area (Å²) in [6, 6.07) is 9.27. The molecule has 2 nitrogen and oxygen atoms in total. The maximum absolute atomic E-state index is 6.04. The Morgan fingerprint density at radius 3 is 2.47 bits per heavy atom. The minimum atomic E-state index is 0.448. The Hall–Kier alpha value is -1.02. The third-order valence-corrected chi connectivity index (χ3v) is 4.14. The molecule has 1 saturated carbocycles. The Labute approximate surface area is 117 Å². The summed E-state index contributed by atoms with van der Waals surface area (Å²) in [5, 5.41) is 3.28. The third kappa shape index (κ3) is 4.87. The van der Waals surface area contributed by atoms with Gasteiger partial charge in [0.25, 0.3) is 0 Å². The van der Waals surface area contributed by atoms with Gasteiger partial charge < -0.3 is 10.1 Å². The monoisotopic (exact) mass is 261 g/mol. The van der Waals surface area contributed by atoms with Crippen molar-refractivity contribution in [2.45, 2.75) is 64.0 Å². The average Bonchev–Trinajstić information content (AvgIpc) is 2.47. The number of hydrogen-bond donors (Lipinski definition) is 1. The molecule has 0 aromatic heterocycles. The van der Waals surface area contributed by atoms with Gasteiger partial charge in [0.15, 0.2) is 0 Å². The van der Waals surface area contributed by atoms with E-state index in [9.17, 15) is 0 Å². The minimum Gasteiger partial charge on any atom is -0.490 e. The maximum atomic E-state index is 6.04. The number of benzene rings is 1. The van der Waals surface area contributed by atoms with E-state index in [1.54, 1.807) is 0 Å². The van der Waals surface area contributed by atoms with Gasteiger partial charge in [-0.3, -0.25) is 0 Å². The summed E-state index contributed by atoms with van der Waals surface area (Å²) < 4.78 is 6.04. The molecule has 2 rings (SSSR count). The maximum Gasteiger partial charge on any atom is 0.119 e. The van der Waals surface area contributed by atoms with Crippen LogP contribution in [0.2, 0.25) is 0 Å². The molecule has 0 saturated heterocycles. The van der Waals surface area contributed by atoms with Crippen LogP contribution in [0, 0.1) is 0 Å². The quantitative estimate of drug-likeness (QED) is 0.837. The van der Waals surface area contributed by atoms with E-state index >= 15 is 0 Å². The molecule has 0 spiro atoms. The summed E-state index contributed by atoms with van der Waals surface area (Å²) >= 11 is 0. The second-order valence-corrected chi connectivity index (χ2v) is 5.75. The first-order chi connectivity index (χ1) is 9.28. The zero-order valence-corrected chi connectivity index (χ0v) is 12.3. The van der Waals surface area contributed by atoms with Crippen molar-refractivity contribution in [3.8, 4) is 5.75 Å². The molecule has 0 bridgehead atoms. The molecule has 1 aromatic rings. The van der Waals surface area contributed by atoms with E-state index in [1.165, 1.54) is 44.1 Å². The first-order valence-corrected chi connectivity index (χ1v) is 7.71. The van der Waals surface area contributed by atoms with E-state index < -0.39 is 0 Å². The molecule has 1 N–H and O–H groups in total. The van der Waals surface area contributed by atoms with Crippen LogP contribution in [-0.2, 0) is 6.42 Å². The van der Waals surface area contributed by atoms with Crippen LogP contribution in [0.15, 0.2) is 24.3 Å². The number of hydrogen-bond acceptors (Lipinski definition) is 2. The SMILES string of the molecule is CNC(C)CCc1ccc(OC2CCCCC2)cc1. The van der Waals surface area contributed by atoms with Gasteiger partial charge in [-0.05, 0) is 70.2 Å². The lowest BCUT2D eigenvalue weighted by atomic mass is 9.98. The molecule has 1 unspecified atom stereocenters. The van der Waals surface area contributed by atoms with E-state index in [0.717, 1.165) is 12.2 Å². The summed E-state index contributed by atoms with van der Waals surface area (Å²) in [7, 11) is 2.02. The lowest BCUT2D eigenvalue weighted by Gasteiger charge is -2.23. The van der Waals surface area contributed by atoms with Gasteiger partial charge in [0.05, 0.1) is 6.10 Å². The fourth-order valence-electron chi connectivity index (χ4n) is 2.64. The Balaban J connectivity index is 1.80. The van der Waals surface area contributed by atoms with Gasteiger partial charge in [-0.1, -0.05) is 18.6 Å². The van der Waals surface area contributed by atoms with E-state index in [-0.39, 0.29) is 0 Å². The summed E-state index contributed by atoms with van der Waals surface area (Å²) in [5.74, 6) is 1.04. The second kappa shape index (κ2) is 7.54. The molecule has 0 aliphatic heterocycles. The van der Waals surface area contributed by atoms with Gasteiger partial charge in [0.2, 0.25) is 0 Å². The fraction of sp³-hybridized carbons (Fsp3) is 0.647. The van der Waals surface area contributed by atoms with E-state index in [1.807, 2.05) is 7.05 Å². The van der Waals surface area contributed by atoms with Crippen molar-refractivity contribution in [1.82, 2.24) is 5.32 Å². The van der Waals surface area contributed by atoms with Gasteiger partial charge in [-0.2, -0.15) is 0 Å². The third-order valence-electron chi connectivity index (χ3n) is 4.14. The molecule has 0 heterocycles. The van der Waals surface area contributed by atoms with Crippen LogP contribution in [0.5, 0.6) is 5.75 Å². The van der Waals surface area contributed by atoms with Crippen LogP contribution in [0.25, 0.3) is 0 Å². The second-order valence-electron chi connectivity index (χ2n) is 5.75. The zero-order valence-electron chi connectivity index (χ0n) is 12.3. The van der Waals surface area contributed by atoms with E-state index in [4.69, 9.17) is 4.74 Å². The molecular weight excluding hydrogens is 234 g/mol. The Morgan fingerprint density at radius 1 is 1.16 bits per heavy atom. The van der Waals surface area contributed by atoms with Crippen LogP contribution >= 0.6 is 0 Å². The lowest BCUT2D eigenvalue weighted by molar-refractivity contribution is 0.155. The molecule has 0 radical (unpaired) electrons. The molecule has 1 fully saturated rings. The first kappa shape index (κ1) is 14.4. The van der Waals surface area contributed by atoms with Crippen LogP contribution in [0.1, 0.15) is 51.0 Å². The Bertz CT molecular complexity index is 354.